The van der Waals surface area contributed by atoms with E-state index in [0.717, 1.165) is 6.54 Å². The molecule has 18 heavy (non-hydrogen) atoms. The lowest BCUT2D eigenvalue weighted by atomic mass is 10.2. The minimum absolute atomic E-state index is 0.152. The lowest BCUT2D eigenvalue weighted by Crippen LogP contribution is -2.06. The Morgan fingerprint density at radius 1 is 1.50 bits per heavy atom. The summed E-state index contributed by atoms with van der Waals surface area (Å²) < 4.78 is 2.44. The number of nitrogens with one attached hydrogen (secondary N) is 1. The fourth-order valence-corrected chi connectivity index (χ4v) is 2.15. The second-order valence-electron chi connectivity index (χ2n) is 4.52. The quantitative estimate of drug-likeness (QED) is 0.846. The highest BCUT2D eigenvalue weighted by molar-refractivity contribution is 7.71. The SMILES string of the molecule is CC(C)Cn1c(-c2cc(O)ccc2Cl)n[nH]c1=S. The fraction of sp³-hybridized carbons (Fsp3) is 0.333. The average Bonchev–Trinajstić information content (AvgIpc) is 2.64. The van der Waals surface area contributed by atoms with Crippen molar-refractivity contribution in [1.29, 1.82) is 0 Å². The van der Waals surface area contributed by atoms with Gasteiger partial charge in [-0.05, 0) is 36.3 Å². The van der Waals surface area contributed by atoms with E-state index in [2.05, 4.69) is 24.0 Å². The Kier molecular flexibility index (Phi) is 3.73. The number of phenols is 1. The van der Waals surface area contributed by atoms with Crippen LogP contribution in [0.3, 0.4) is 0 Å². The molecule has 0 bridgehead atoms. The molecule has 0 fully saturated rings. The first-order valence-corrected chi connectivity index (χ1v) is 6.41. The predicted octanol–water partition coefficient (Wildman–Crippen LogP) is 3.62. The third-order valence-corrected chi connectivity index (χ3v) is 3.14. The Labute approximate surface area is 115 Å². The number of rotatable bonds is 3. The van der Waals surface area contributed by atoms with Crippen molar-refractivity contribution in [2.45, 2.75) is 20.4 Å². The molecule has 0 saturated heterocycles. The van der Waals surface area contributed by atoms with Gasteiger partial charge in [-0.15, -0.1) is 0 Å². The van der Waals surface area contributed by atoms with E-state index in [-0.39, 0.29) is 5.75 Å². The molecule has 0 atom stereocenters. The number of H-pyrrole nitrogens is 1. The van der Waals surface area contributed by atoms with Crippen molar-refractivity contribution >= 4 is 23.8 Å². The first kappa shape index (κ1) is 13.1. The number of aromatic nitrogens is 3. The van der Waals surface area contributed by atoms with E-state index in [4.69, 9.17) is 23.8 Å². The van der Waals surface area contributed by atoms with Gasteiger partial charge in [-0.25, -0.2) is 0 Å². The van der Waals surface area contributed by atoms with E-state index in [1.54, 1.807) is 18.2 Å². The Morgan fingerprint density at radius 2 is 2.22 bits per heavy atom. The average molecular weight is 284 g/mol. The van der Waals surface area contributed by atoms with Gasteiger partial charge in [0.15, 0.2) is 10.6 Å². The molecule has 0 aliphatic rings. The summed E-state index contributed by atoms with van der Waals surface area (Å²) in [5.41, 5.74) is 0.671. The van der Waals surface area contributed by atoms with Gasteiger partial charge in [0.25, 0.3) is 0 Å². The molecule has 0 radical (unpaired) electrons. The van der Waals surface area contributed by atoms with Gasteiger partial charge in [0.2, 0.25) is 0 Å². The van der Waals surface area contributed by atoms with Crippen LogP contribution in [0.2, 0.25) is 5.02 Å². The highest BCUT2D eigenvalue weighted by Crippen LogP contribution is 2.30. The van der Waals surface area contributed by atoms with Crippen LogP contribution in [0, 0.1) is 10.7 Å². The standard InChI is InChI=1S/C12H14ClN3OS/c1-7(2)6-16-11(14-15-12(16)18)9-5-8(17)3-4-10(9)13/h3-5,7,17H,6H2,1-2H3,(H,15,18). The molecule has 0 aliphatic heterocycles. The van der Waals surface area contributed by atoms with Gasteiger partial charge in [-0.1, -0.05) is 25.4 Å². The molecule has 2 aromatic rings. The van der Waals surface area contributed by atoms with Crippen LogP contribution in [0.4, 0.5) is 0 Å². The second kappa shape index (κ2) is 5.12. The van der Waals surface area contributed by atoms with E-state index in [1.165, 1.54) is 0 Å². The number of phenolic OH excluding ortho intramolecular Hbond substituents is 1. The first-order valence-electron chi connectivity index (χ1n) is 5.63. The minimum Gasteiger partial charge on any atom is -0.508 e. The predicted molar refractivity (Wildman–Crippen MR) is 74.4 cm³/mol. The van der Waals surface area contributed by atoms with Gasteiger partial charge in [-0.2, -0.15) is 5.10 Å². The number of halogens is 1. The van der Waals surface area contributed by atoms with Crippen molar-refractivity contribution in [3.63, 3.8) is 0 Å². The van der Waals surface area contributed by atoms with Crippen LogP contribution in [-0.4, -0.2) is 19.9 Å². The van der Waals surface area contributed by atoms with Crippen molar-refractivity contribution in [3.8, 4) is 17.1 Å². The Morgan fingerprint density at radius 3 is 2.89 bits per heavy atom. The van der Waals surface area contributed by atoms with Gasteiger partial charge in [0.1, 0.15) is 5.75 Å². The zero-order chi connectivity index (χ0) is 13.3. The monoisotopic (exact) mass is 283 g/mol. The Balaban J connectivity index is 2.57. The number of benzene rings is 1. The fourth-order valence-electron chi connectivity index (χ4n) is 1.74. The highest BCUT2D eigenvalue weighted by atomic mass is 35.5. The molecular weight excluding hydrogens is 270 g/mol. The summed E-state index contributed by atoms with van der Waals surface area (Å²) in [4.78, 5) is 0. The van der Waals surface area contributed by atoms with E-state index < -0.39 is 0 Å². The van der Waals surface area contributed by atoms with E-state index in [9.17, 15) is 5.11 Å². The molecule has 0 spiro atoms. The van der Waals surface area contributed by atoms with Gasteiger partial charge in [0, 0.05) is 12.1 Å². The van der Waals surface area contributed by atoms with Crippen LogP contribution in [-0.2, 0) is 6.54 Å². The van der Waals surface area contributed by atoms with Crippen molar-refractivity contribution in [2.75, 3.05) is 0 Å². The summed E-state index contributed by atoms with van der Waals surface area (Å²) >= 11 is 11.3. The van der Waals surface area contributed by atoms with Crippen LogP contribution in [0.25, 0.3) is 11.4 Å². The molecule has 0 unspecified atom stereocenters. The maximum atomic E-state index is 9.55. The molecule has 4 nitrogen and oxygen atoms in total. The van der Waals surface area contributed by atoms with Crippen molar-refractivity contribution < 1.29 is 5.11 Å². The summed E-state index contributed by atoms with van der Waals surface area (Å²) in [7, 11) is 0. The van der Waals surface area contributed by atoms with Gasteiger partial charge >= 0.3 is 0 Å². The molecule has 6 heteroatoms. The van der Waals surface area contributed by atoms with Crippen LogP contribution < -0.4 is 0 Å². The number of nitrogens with zero attached hydrogens (tertiary/aromatic N) is 2. The zero-order valence-electron chi connectivity index (χ0n) is 10.1. The minimum atomic E-state index is 0.152. The topological polar surface area (TPSA) is 53.8 Å². The maximum Gasteiger partial charge on any atom is 0.195 e. The molecule has 2 N–H and O–H groups in total. The van der Waals surface area contributed by atoms with Gasteiger partial charge in [0.05, 0.1) is 5.02 Å². The molecule has 0 saturated carbocycles. The van der Waals surface area contributed by atoms with Crippen molar-refractivity contribution in [2.24, 2.45) is 5.92 Å². The first-order chi connectivity index (χ1) is 8.49. The number of aromatic hydroxyl groups is 1. The summed E-state index contributed by atoms with van der Waals surface area (Å²) in [5.74, 6) is 1.23. The van der Waals surface area contributed by atoms with Gasteiger partial charge in [-0.3, -0.25) is 9.67 Å². The molecule has 1 heterocycles. The van der Waals surface area contributed by atoms with Crippen LogP contribution in [0.1, 0.15) is 13.8 Å². The zero-order valence-corrected chi connectivity index (χ0v) is 11.7. The summed E-state index contributed by atoms with van der Waals surface area (Å²) in [6.07, 6.45) is 0. The molecule has 0 amide bonds. The smallest absolute Gasteiger partial charge is 0.195 e. The lowest BCUT2D eigenvalue weighted by molar-refractivity contribution is 0.475. The molecule has 1 aromatic carbocycles. The highest BCUT2D eigenvalue weighted by Gasteiger charge is 2.13. The second-order valence-corrected chi connectivity index (χ2v) is 5.31. The third kappa shape index (κ3) is 2.57. The molecule has 2 rings (SSSR count). The Hall–Kier alpha value is -1.33. The normalized spacial score (nSPS) is 11.1. The summed E-state index contributed by atoms with van der Waals surface area (Å²) in [6.45, 7) is 4.95. The van der Waals surface area contributed by atoms with E-state index >= 15 is 0 Å². The lowest BCUT2D eigenvalue weighted by Gasteiger charge is -2.10. The summed E-state index contributed by atoms with van der Waals surface area (Å²) in [5, 5.41) is 17.0. The van der Waals surface area contributed by atoms with Crippen molar-refractivity contribution in [1.82, 2.24) is 14.8 Å². The third-order valence-electron chi connectivity index (χ3n) is 2.50. The van der Waals surface area contributed by atoms with Crippen molar-refractivity contribution in [3.05, 3.63) is 28.0 Å². The largest absolute Gasteiger partial charge is 0.508 e. The van der Waals surface area contributed by atoms with Crippen LogP contribution >= 0.6 is 23.8 Å². The molecule has 1 aromatic heterocycles. The van der Waals surface area contributed by atoms with E-state index in [0.29, 0.717) is 27.1 Å². The maximum absolute atomic E-state index is 9.55. The van der Waals surface area contributed by atoms with E-state index in [1.807, 2.05) is 4.57 Å². The Bertz CT molecular complexity index is 618. The van der Waals surface area contributed by atoms with Gasteiger partial charge < -0.3 is 5.11 Å². The number of aromatic amines is 1. The van der Waals surface area contributed by atoms with Crippen LogP contribution in [0.15, 0.2) is 18.2 Å². The summed E-state index contributed by atoms with van der Waals surface area (Å²) in [6, 6.07) is 4.77. The molecular formula is C12H14ClN3OS. The molecule has 0 aliphatic carbocycles. The number of hydrogen-bond acceptors (Lipinski definition) is 3. The number of hydrogen-bond donors (Lipinski definition) is 2. The molecule has 96 valence electrons. The van der Waals surface area contributed by atoms with Crippen LogP contribution in [0.5, 0.6) is 5.75 Å².